The van der Waals surface area contributed by atoms with E-state index in [0.29, 0.717) is 11.3 Å². The highest BCUT2D eigenvalue weighted by atomic mass is 16.5. The Morgan fingerprint density at radius 3 is 3.00 bits per heavy atom. The van der Waals surface area contributed by atoms with E-state index < -0.39 is 0 Å². The molecule has 2 rings (SSSR count). The molecular weight excluding hydrogens is 244 g/mol. The number of ether oxygens (including phenoxy) is 2. The van der Waals surface area contributed by atoms with E-state index >= 15 is 0 Å². The maximum absolute atomic E-state index is 11.5. The lowest BCUT2D eigenvalue weighted by Gasteiger charge is -2.31. The Morgan fingerprint density at radius 2 is 2.32 bits per heavy atom. The van der Waals surface area contributed by atoms with Crippen molar-refractivity contribution in [3.8, 4) is 0 Å². The molecule has 1 aromatic carbocycles. The maximum Gasteiger partial charge on any atom is 0.337 e. The second-order valence-corrected chi connectivity index (χ2v) is 4.76. The number of hydrogen-bond donors (Lipinski definition) is 2. The molecule has 1 heterocycles. The van der Waals surface area contributed by atoms with Gasteiger partial charge in [0.15, 0.2) is 0 Å². The van der Waals surface area contributed by atoms with Crippen molar-refractivity contribution in [2.24, 2.45) is 0 Å². The van der Waals surface area contributed by atoms with Gasteiger partial charge >= 0.3 is 5.97 Å². The first kappa shape index (κ1) is 13.7. The van der Waals surface area contributed by atoms with Crippen molar-refractivity contribution in [1.82, 2.24) is 0 Å². The van der Waals surface area contributed by atoms with Gasteiger partial charge in [-0.15, -0.1) is 0 Å². The summed E-state index contributed by atoms with van der Waals surface area (Å²) >= 11 is 0. The van der Waals surface area contributed by atoms with Gasteiger partial charge in [-0.3, -0.25) is 0 Å². The van der Waals surface area contributed by atoms with Crippen LogP contribution in [0.3, 0.4) is 0 Å². The van der Waals surface area contributed by atoms with Gasteiger partial charge in [-0.05, 0) is 38.0 Å². The Labute approximate surface area is 113 Å². The first-order chi connectivity index (χ1) is 9.11. The predicted molar refractivity (Wildman–Crippen MR) is 74.3 cm³/mol. The lowest BCUT2D eigenvalue weighted by Crippen LogP contribution is -2.37. The van der Waals surface area contributed by atoms with Gasteiger partial charge in [0, 0.05) is 6.61 Å². The number of benzene rings is 1. The molecule has 1 saturated heterocycles. The number of carbonyl (C=O) groups is 1. The molecule has 0 saturated carbocycles. The van der Waals surface area contributed by atoms with Gasteiger partial charge in [0.25, 0.3) is 0 Å². The molecule has 5 nitrogen and oxygen atoms in total. The van der Waals surface area contributed by atoms with Crippen molar-refractivity contribution in [2.75, 3.05) is 24.8 Å². The minimum absolute atomic E-state index is 0.134. The highest BCUT2D eigenvalue weighted by molar-refractivity contribution is 5.92. The van der Waals surface area contributed by atoms with Crippen molar-refractivity contribution in [1.29, 1.82) is 0 Å². The van der Waals surface area contributed by atoms with Gasteiger partial charge in [0.2, 0.25) is 0 Å². The molecule has 3 N–H and O–H groups in total. The predicted octanol–water partition coefficient (Wildman–Crippen LogP) is 2.03. The second kappa shape index (κ2) is 5.93. The van der Waals surface area contributed by atoms with Crippen LogP contribution < -0.4 is 11.1 Å². The van der Waals surface area contributed by atoms with Crippen molar-refractivity contribution >= 4 is 17.3 Å². The van der Waals surface area contributed by atoms with E-state index in [4.69, 9.17) is 15.2 Å². The molecule has 0 aliphatic carbocycles. The summed E-state index contributed by atoms with van der Waals surface area (Å²) in [5.41, 5.74) is 7.80. The lowest BCUT2D eigenvalue weighted by molar-refractivity contribution is 0.0193. The highest BCUT2D eigenvalue weighted by Crippen LogP contribution is 2.25. The summed E-state index contributed by atoms with van der Waals surface area (Å²) in [4.78, 5) is 11.5. The third kappa shape index (κ3) is 3.17. The average Bonchev–Trinajstić information content (AvgIpc) is 2.42. The molecule has 0 bridgehead atoms. The molecule has 0 spiro atoms. The lowest BCUT2D eigenvalue weighted by atomic mass is 10.0. The van der Waals surface area contributed by atoms with E-state index in [1.807, 2.05) is 6.92 Å². The number of rotatable bonds is 3. The smallest absolute Gasteiger partial charge is 0.337 e. The zero-order valence-electron chi connectivity index (χ0n) is 11.3. The van der Waals surface area contributed by atoms with Crippen molar-refractivity contribution < 1.29 is 14.3 Å². The Hall–Kier alpha value is -1.75. The number of methoxy groups -OCH3 is 1. The minimum Gasteiger partial charge on any atom is -0.465 e. The normalized spacial score (nSPS) is 22.8. The Morgan fingerprint density at radius 1 is 1.53 bits per heavy atom. The van der Waals surface area contributed by atoms with Gasteiger partial charge in [0.05, 0.1) is 36.2 Å². The van der Waals surface area contributed by atoms with Gasteiger partial charge in [0.1, 0.15) is 0 Å². The largest absolute Gasteiger partial charge is 0.465 e. The molecular formula is C14H20N2O3. The van der Waals surface area contributed by atoms with Crippen molar-refractivity contribution in [3.05, 3.63) is 23.8 Å². The quantitative estimate of drug-likeness (QED) is 0.645. The van der Waals surface area contributed by atoms with E-state index in [-0.39, 0.29) is 18.1 Å². The zero-order chi connectivity index (χ0) is 13.8. The maximum atomic E-state index is 11.5. The van der Waals surface area contributed by atoms with Crippen LogP contribution in [-0.4, -0.2) is 31.8 Å². The van der Waals surface area contributed by atoms with Gasteiger partial charge in [-0.25, -0.2) is 4.79 Å². The average molecular weight is 264 g/mol. The Kier molecular flexibility index (Phi) is 4.27. The molecule has 2 atom stereocenters. The summed E-state index contributed by atoms with van der Waals surface area (Å²) < 4.78 is 10.3. The monoisotopic (exact) mass is 264 g/mol. The van der Waals surface area contributed by atoms with Gasteiger partial charge in [-0.1, -0.05) is 0 Å². The summed E-state index contributed by atoms with van der Waals surface area (Å²) in [7, 11) is 1.36. The molecule has 5 heteroatoms. The SMILES string of the molecule is COC(=O)c1ccc(N)c(NC2CCCO[C@@H]2C)c1. The Bertz CT molecular complexity index is 462. The minimum atomic E-state index is -0.365. The third-order valence-corrected chi connectivity index (χ3v) is 3.42. The molecule has 19 heavy (non-hydrogen) atoms. The van der Waals surface area contributed by atoms with Crippen LogP contribution in [0, 0.1) is 0 Å². The molecule has 104 valence electrons. The number of nitrogens with two attached hydrogens (primary N) is 1. The molecule has 1 aliphatic rings. The molecule has 1 fully saturated rings. The first-order valence-corrected chi connectivity index (χ1v) is 6.48. The molecule has 0 radical (unpaired) electrons. The fourth-order valence-electron chi connectivity index (χ4n) is 2.24. The van der Waals surface area contributed by atoms with Gasteiger partial charge in [-0.2, -0.15) is 0 Å². The van der Waals surface area contributed by atoms with Crippen LogP contribution >= 0.6 is 0 Å². The zero-order valence-corrected chi connectivity index (χ0v) is 11.3. The van der Waals surface area contributed by atoms with Crippen LogP contribution in [0.5, 0.6) is 0 Å². The van der Waals surface area contributed by atoms with Crippen molar-refractivity contribution in [3.63, 3.8) is 0 Å². The fraction of sp³-hybridized carbons (Fsp3) is 0.500. The van der Waals surface area contributed by atoms with Crippen LogP contribution in [0.2, 0.25) is 0 Å². The number of anilines is 2. The fourth-order valence-corrected chi connectivity index (χ4v) is 2.24. The van der Waals surface area contributed by atoms with Crippen LogP contribution in [0.1, 0.15) is 30.1 Å². The van der Waals surface area contributed by atoms with E-state index in [9.17, 15) is 4.79 Å². The van der Waals surface area contributed by atoms with Crippen molar-refractivity contribution in [2.45, 2.75) is 31.9 Å². The highest BCUT2D eigenvalue weighted by Gasteiger charge is 2.22. The summed E-state index contributed by atoms with van der Waals surface area (Å²) in [6.45, 7) is 2.84. The molecule has 1 aliphatic heterocycles. The van der Waals surface area contributed by atoms with E-state index in [1.54, 1.807) is 18.2 Å². The standard InChI is InChI=1S/C14H20N2O3/c1-9-12(4-3-7-19-9)16-13-8-10(14(17)18-2)5-6-11(13)15/h5-6,8-9,12,16H,3-4,7,15H2,1-2H3/t9-,12?/m1/s1. The first-order valence-electron chi connectivity index (χ1n) is 6.48. The number of nitrogen functional groups attached to an aromatic ring is 1. The van der Waals surface area contributed by atoms with Crippen LogP contribution in [-0.2, 0) is 9.47 Å². The van der Waals surface area contributed by atoms with Gasteiger partial charge < -0.3 is 20.5 Å². The number of hydrogen-bond acceptors (Lipinski definition) is 5. The van der Waals surface area contributed by atoms with Crippen LogP contribution in [0.4, 0.5) is 11.4 Å². The molecule has 0 amide bonds. The molecule has 1 unspecified atom stereocenters. The second-order valence-electron chi connectivity index (χ2n) is 4.76. The number of nitrogens with one attached hydrogen (secondary N) is 1. The summed E-state index contributed by atoms with van der Waals surface area (Å²) in [6.07, 6.45) is 2.19. The molecule has 1 aromatic rings. The molecule has 0 aromatic heterocycles. The summed E-state index contributed by atoms with van der Waals surface area (Å²) in [5.74, 6) is -0.365. The number of esters is 1. The van der Waals surface area contributed by atoms with E-state index in [0.717, 1.165) is 25.1 Å². The summed E-state index contributed by atoms with van der Waals surface area (Å²) in [6, 6.07) is 5.31. The van der Waals surface area contributed by atoms with Crippen LogP contribution in [0.25, 0.3) is 0 Å². The van der Waals surface area contributed by atoms with Crippen LogP contribution in [0.15, 0.2) is 18.2 Å². The number of carbonyl (C=O) groups excluding carboxylic acids is 1. The van der Waals surface area contributed by atoms with E-state index in [1.165, 1.54) is 7.11 Å². The Balaban J connectivity index is 2.16. The van der Waals surface area contributed by atoms with E-state index in [2.05, 4.69) is 5.32 Å². The summed E-state index contributed by atoms with van der Waals surface area (Å²) in [5, 5.41) is 3.36. The topological polar surface area (TPSA) is 73.6 Å². The third-order valence-electron chi connectivity index (χ3n) is 3.42.